The summed E-state index contributed by atoms with van der Waals surface area (Å²) in [6, 6.07) is 21.6. The Balaban J connectivity index is 1.57. The molecule has 44 heavy (non-hydrogen) atoms. The van der Waals surface area contributed by atoms with Crippen LogP contribution in [0, 0.1) is 5.82 Å². The van der Waals surface area contributed by atoms with E-state index in [0.29, 0.717) is 23.6 Å². The summed E-state index contributed by atoms with van der Waals surface area (Å²) in [4.78, 5) is 29.2. The number of sulfonamides is 1. The molecule has 1 N–H and O–H groups in total. The highest BCUT2D eigenvalue weighted by Gasteiger charge is 2.32. The molecular weight excluding hydrogens is 581 g/mol. The summed E-state index contributed by atoms with van der Waals surface area (Å²) in [7, 11) is -3.65. The van der Waals surface area contributed by atoms with Crippen molar-refractivity contribution in [1.82, 2.24) is 10.2 Å². The number of nitrogens with one attached hydrogen (secondary N) is 1. The van der Waals surface area contributed by atoms with Crippen molar-refractivity contribution in [1.29, 1.82) is 0 Å². The first kappa shape index (κ1) is 33.0. The van der Waals surface area contributed by atoms with Gasteiger partial charge in [0, 0.05) is 37.5 Å². The summed E-state index contributed by atoms with van der Waals surface area (Å²) >= 11 is 0. The Kier molecular flexibility index (Phi) is 11.8. The van der Waals surface area contributed by atoms with Gasteiger partial charge in [-0.25, -0.2) is 12.8 Å². The number of benzene rings is 3. The maximum atomic E-state index is 14.9. The molecule has 1 aliphatic carbocycles. The summed E-state index contributed by atoms with van der Waals surface area (Å²) < 4.78 is 47.0. The second kappa shape index (κ2) is 15.7. The van der Waals surface area contributed by atoms with Crippen molar-refractivity contribution in [3.8, 4) is 5.75 Å². The zero-order chi connectivity index (χ0) is 31.5. The highest BCUT2D eigenvalue weighted by molar-refractivity contribution is 7.92. The lowest BCUT2D eigenvalue weighted by molar-refractivity contribution is -0.141. The lowest BCUT2D eigenvalue weighted by Gasteiger charge is -2.33. The van der Waals surface area contributed by atoms with Gasteiger partial charge in [0.15, 0.2) is 0 Å². The van der Waals surface area contributed by atoms with Gasteiger partial charge in [0.25, 0.3) is 0 Å². The molecule has 0 bridgehead atoms. The number of anilines is 1. The normalized spacial score (nSPS) is 14.2. The first-order chi connectivity index (χ1) is 21.2. The van der Waals surface area contributed by atoms with Crippen LogP contribution in [0.25, 0.3) is 0 Å². The third-order valence-corrected chi connectivity index (χ3v) is 9.05. The van der Waals surface area contributed by atoms with Gasteiger partial charge in [-0.1, -0.05) is 61.4 Å². The van der Waals surface area contributed by atoms with Crippen LogP contribution >= 0.6 is 0 Å². The molecule has 0 radical (unpaired) electrons. The standard InChI is InChI=1S/C34H42FN3O5S/c1-3-43-30-21-19-29(20-22-30)38(44(2,41)42)23-11-18-33(39)37(25-27-14-7-10-17-31(27)35)32(24-26-12-5-4-6-13-26)34(40)36-28-15-8-9-16-28/h4-7,10,12-14,17,19-22,28,32H,3,8-9,11,15-16,18,23-25H2,1-2H3,(H,36,40)/t32-/m0/s1. The van der Waals surface area contributed by atoms with Gasteiger partial charge in [0.05, 0.1) is 18.6 Å². The monoisotopic (exact) mass is 623 g/mol. The van der Waals surface area contributed by atoms with Gasteiger partial charge in [0.1, 0.15) is 17.6 Å². The fourth-order valence-electron chi connectivity index (χ4n) is 5.61. The Morgan fingerprint density at radius 2 is 1.64 bits per heavy atom. The highest BCUT2D eigenvalue weighted by atomic mass is 32.2. The van der Waals surface area contributed by atoms with E-state index >= 15 is 0 Å². The van der Waals surface area contributed by atoms with Gasteiger partial charge < -0.3 is 15.0 Å². The average molecular weight is 624 g/mol. The molecular formula is C34H42FN3O5S. The Morgan fingerprint density at radius 1 is 0.977 bits per heavy atom. The molecule has 0 aromatic heterocycles. The predicted molar refractivity (Wildman–Crippen MR) is 170 cm³/mol. The van der Waals surface area contributed by atoms with Gasteiger partial charge >= 0.3 is 0 Å². The molecule has 1 saturated carbocycles. The van der Waals surface area contributed by atoms with Crippen LogP contribution in [0.15, 0.2) is 78.9 Å². The van der Waals surface area contributed by atoms with E-state index in [4.69, 9.17) is 4.74 Å². The zero-order valence-corrected chi connectivity index (χ0v) is 26.3. The minimum atomic E-state index is -3.65. The van der Waals surface area contributed by atoms with E-state index in [0.717, 1.165) is 37.5 Å². The number of halogens is 1. The Hall–Kier alpha value is -3.92. The zero-order valence-electron chi connectivity index (χ0n) is 25.5. The first-order valence-electron chi connectivity index (χ1n) is 15.2. The van der Waals surface area contributed by atoms with Crippen LogP contribution in [0.1, 0.15) is 56.6 Å². The lowest BCUT2D eigenvalue weighted by Crippen LogP contribution is -2.52. The second-order valence-electron chi connectivity index (χ2n) is 11.2. The molecule has 2 amide bonds. The molecule has 0 heterocycles. The van der Waals surface area contributed by atoms with Gasteiger partial charge in [-0.2, -0.15) is 0 Å². The summed E-state index contributed by atoms with van der Waals surface area (Å²) in [5.41, 5.74) is 1.65. The minimum Gasteiger partial charge on any atom is -0.494 e. The number of nitrogens with zero attached hydrogens (tertiary/aromatic N) is 2. The molecule has 8 nitrogen and oxygen atoms in total. The quantitative estimate of drug-likeness (QED) is 0.242. The van der Waals surface area contributed by atoms with Crippen LogP contribution in [0.2, 0.25) is 0 Å². The van der Waals surface area contributed by atoms with E-state index in [2.05, 4.69) is 5.32 Å². The molecule has 3 aromatic rings. The molecule has 0 spiro atoms. The lowest BCUT2D eigenvalue weighted by atomic mass is 10.0. The predicted octanol–water partition coefficient (Wildman–Crippen LogP) is 5.47. The van der Waals surface area contributed by atoms with E-state index < -0.39 is 21.9 Å². The van der Waals surface area contributed by atoms with Gasteiger partial charge in [-0.3, -0.25) is 13.9 Å². The molecule has 3 aromatic carbocycles. The smallest absolute Gasteiger partial charge is 0.243 e. The molecule has 10 heteroatoms. The largest absolute Gasteiger partial charge is 0.494 e. The van der Waals surface area contributed by atoms with E-state index in [9.17, 15) is 22.4 Å². The Labute approximate surface area is 260 Å². The van der Waals surface area contributed by atoms with Crippen molar-refractivity contribution in [2.75, 3.05) is 23.7 Å². The fraction of sp³-hybridized carbons (Fsp3) is 0.412. The number of amides is 2. The van der Waals surface area contributed by atoms with Gasteiger partial charge in [-0.15, -0.1) is 0 Å². The van der Waals surface area contributed by atoms with Gasteiger partial charge in [-0.05, 0) is 62.1 Å². The summed E-state index contributed by atoms with van der Waals surface area (Å²) in [5, 5.41) is 3.14. The van der Waals surface area contributed by atoms with Crippen LogP contribution in [0.3, 0.4) is 0 Å². The SMILES string of the molecule is CCOc1ccc(N(CCCC(=O)N(Cc2ccccc2F)[C@@H](Cc2ccccc2)C(=O)NC2CCCC2)S(C)(=O)=O)cc1. The van der Waals surface area contributed by atoms with Crippen molar-refractivity contribution in [2.24, 2.45) is 0 Å². The average Bonchev–Trinajstić information content (AvgIpc) is 3.51. The van der Waals surface area contributed by atoms with E-state index in [1.54, 1.807) is 42.5 Å². The number of hydrogen-bond acceptors (Lipinski definition) is 5. The van der Waals surface area contributed by atoms with E-state index in [1.165, 1.54) is 15.3 Å². The van der Waals surface area contributed by atoms with Crippen molar-refractivity contribution in [3.63, 3.8) is 0 Å². The third-order valence-electron chi connectivity index (χ3n) is 7.86. The van der Waals surface area contributed by atoms with E-state index in [-0.39, 0.29) is 50.2 Å². The first-order valence-corrected chi connectivity index (χ1v) is 17.1. The number of rotatable bonds is 15. The van der Waals surface area contributed by atoms with Crippen LogP contribution < -0.4 is 14.4 Å². The highest BCUT2D eigenvalue weighted by Crippen LogP contribution is 2.24. The van der Waals surface area contributed by atoms with Crippen LogP contribution in [0.5, 0.6) is 5.75 Å². The van der Waals surface area contributed by atoms with Crippen molar-refractivity contribution in [2.45, 2.75) is 70.5 Å². The number of carbonyl (C=O) groups is 2. The second-order valence-corrected chi connectivity index (χ2v) is 13.1. The van der Waals surface area contributed by atoms with E-state index in [1.807, 2.05) is 37.3 Å². The molecule has 4 rings (SSSR count). The Morgan fingerprint density at radius 3 is 2.27 bits per heavy atom. The topological polar surface area (TPSA) is 96.0 Å². The van der Waals surface area contributed by atoms with Gasteiger partial charge in [0.2, 0.25) is 21.8 Å². The molecule has 1 atom stereocenters. The molecule has 0 saturated heterocycles. The number of carbonyl (C=O) groups excluding carboxylic acids is 2. The number of hydrogen-bond donors (Lipinski definition) is 1. The number of ether oxygens (including phenoxy) is 1. The maximum Gasteiger partial charge on any atom is 0.243 e. The minimum absolute atomic E-state index is 0.0283. The summed E-state index contributed by atoms with van der Waals surface area (Å²) in [5.74, 6) is -0.448. The third kappa shape index (κ3) is 9.29. The molecule has 236 valence electrons. The van der Waals surface area contributed by atoms with Crippen molar-refractivity contribution < 1.29 is 27.1 Å². The van der Waals surface area contributed by atoms with Crippen LogP contribution in [0.4, 0.5) is 10.1 Å². The van der Waals surface area contributed by atoms with Crippen molar-refractivity contribution >= 4 is 27.5 Å². The summed E-state index contributed by atoms with van der Waals surface area (Å²) in [6.45, 7) is 2.33. The molecule has 0 unspecified atom stereocenters. The Bertz CT molecular complexity index is 1480. The molecule has 1 aliphatic rings. The molecule has 0 aliphatic heterocycles. The maximum absolute atomic E-state index is 14.9. The summed E-state index contributed by atoms with van der Waals surface area (Å²) in [6.07, 6.45) is 5.42. The van der Waals surface area contributed by atoms with Crippen molar-refractivity contribution in [3.05, 3.63) is 95.8 Å². The van der Waals surface area contributed by atoms with Crippen LogP contribution in [-0.2, 0) is 32.6 Å². The molecule has 1 fully saturated rings. The van der Waals surface area contributed by atoms with Crippen LogP contribution in [-0.4, -0.2) is 56.6 Å². The fourth-order valence-corrected chi connectivity index (χ4v) is 6.58.